The zero-order valence-corrected chi connectivity index (χ0v) is 16.6. The average molecular weight is 408 g/mol. The van der Waals surface area contributed by atoms with Crippen molar-refractivity contribution in [1.29, 1.82) is 0 Å². The van der Waals surface area contributed by atoms with Crippen molar-refractivity contribution in [2.75, 3.05) is 0 Å². The molecule has 0 saturated carbocycles. The van der Waals surface area contributed by atoms with Crippen LogP contribution in [0, 0.1) is 19.7 Å². The van der Waals surface area contributed by atoms with E-state index in [9.17, 15) is 19.1 Å². The first-order chi connectivity index (χ1) is 13.8. The standard InChI is InChI=1S/C22H17FN2O3S/c1-12-18(15-6-8-17(23)9-7-15)19-20(29-12)24-13(2)25(21(19)26)11-14-4-3-5-16(10-14)22(27)28/h3-10H,11H2,1-2H3,(H,27,28). The van der Waals surface area contributed by atoms with E-state index in [0.29, 0.717) is 21.6 Å². The van der Waals surface area contributed by atoms with Gasteiger partial charge in [0.25, 0.3) is 5.56 Å². The van der Waals surface area contributed by atoms with E-state index in [4.69, 9.17) is 0 Å². The van der Waals surface area contributed by atoms with Crippen LogP contribution in [0.1, 0.15) is 26.6 Å². The largest absolute Gasteiger partial charge is 0.478 e. The number of rotatable bonds is 4. The summed E-state index contributed by atoms with van der Waals surface area (Å²) in [6.07, 6.45) is 0. The van der Waals surface area contributed by atoms with Crippen LogP contribution >= 0.6 is 11.3 Å². The van der Waals surface area contributed by atoms with Crippen molar-refractivity contribution >= 4 is 27.5 Å². The molecule has 4 aromatic rings. The number of carbonyl (C=O) groups is 1. The highest BCUT2D eigenvalue weighted by Gasteiger charge is 2.19. The van der Waals surface area contributed by atoms with Gasteiger partial charge in [0.05, 0.1) is 17.5 Å². The highest BCUT2D eigenvalue weighted by molar-refractivity contribution is 7.19. The van der Waals surface area contributed by atoms with Crippen molar-refractivity contribution in [3.05, 3.63) is 86.5 Å². The molecule has 0 saturated heterocycles. The Morgan fingerprint density at radius 2 is 1.90 bits per heavy atom. The number of hydrogen-bond donors (Lipinski definition) is 1. The zero-order valence-electron chi connectivity index (χ0n) is 15.8. The Hall–Kier alpha value is -3.32. The van der Waals surface area contributed by atoms with Crippen LogP contribution in [0.3, 0.4) is 0 Å². The quantitative estimate of drug-likeness (QED) is 0.535. The number of carboxylic acids is 1. The number of halogens is 1. The molecule has 0 amide bonds. The van der Waals surface area contributed by atoms with Crippen LogP contribution in [-0.4, -0.2) is 20.6 Å². The minimum absolute atomic E-state index is 0.167. The third-order valence-electron chi connectivity index (χ3n) is 4.83. The number of hydrogen-bond acceptors (Lipinski definition) is 4. The number of aryl methyl sites for hydroxylation is 2. The summed E-state index contributed by atoms with van der Waals surface area (Å²) in [4.78, 5) is 30.8. The molecule has 4 rings (SSSR count). The van der Waals surface area contributed by atoms with Crippen LogP contribution < -0.4 is 5.56 Å². The molecular weight excluding hydrogens is 391 g/mol. The maximum Gasteiger partial charge on any atom is 0.335 e. The van der Waals surface area contributed by atoms with Gasteiger partial charge < -0.3 is 5.11 Å². The molecule has 29 heavy (non-hydrogen) atoms. The summed E-state index contributed by atoms with van der Waals surface area (Å²) in [6, 6.07) is 12.6. The number of carboxylic acid groups (broad SMARTS) is 1. The van der Waals surface area contributed by atoms with Crippen LogP contribution in [0.15, 0.2) is 53.3 Å². The predicted octanol–water partition coefficient (Wildman–Crippen LogP) is 4.63. The second-order valence-corrected chi connectivity index (χ2v) is 7.98. The molecule has 2 heterocycles. The molecule has 0 aliphatic rings. The third kappa shape index (κ3) is 3.45. The van der Waals surface area contributed by atoms with Crippen LogP contribution in [0.4, 0.5) is 4.39 Å². The van der Waals surface area contributed by atoms with Gasteiger partial charge in [-0.05, 0) is 49.2 Å². The van der Waals surface area contributed by atoms with E-state index in [2.05, 4.69) is 4.98 Å². The first-order valence-corrected chi connectivity index (χ1v) is 9.75. The summed E-state index contributed by atoms with van der Waals surface area (Å²) in [6.45, 7) is 3.89. The number of aromatic nitrogens is 2. The van der Waals surface area contributed by atoms with Gasteiger partial charge in [-0.1, -0.05) is 24.3 Å². The fraction of sp³-hybridized carbons (Fsp3) is 0.136. The Kier molecular flexibility index (Phi) is 4.76. The van der Waals surface area contributed by atoms with E-state index in [1.807, 2.05) is 6.92 Å². The van der Waals surface area contributed by atoms with Gasteiger partial charge in [0.1, 0.15) is 16.5 Å². The second kappa shape index (κ2) is 7.25. The lowest BCUT2D eigenvalue weighted by Gasteiger charge is -2.11. The van der Waals surface area contributed by atoms with Gasteiger partial charge in [-0.3, -0.25) is 9.36 Å². The van der Waals surface area contributed by atoms with Gasteiger partial charge >= 0.3 is 5.97 Å². The van der Waals surface area contributed by atoms with E-state index in [-0.39, 0.29) is 23.5 Å². The molecule has 2 aromatic heterocycles. The van der Waals surface area contributed by atoms with Crippen LogP contribution in [-0.2, 0) is 6.54 Å². The van der Waals surface area contributed by atoms with Gasteiger partial charge in [0.2, 0.25) is 0 Å². The highest BCUT2D eigenvalue weighted by Crippen LogP contribution is 2.35. The molecule has 1 N–H and O–H groups in total. The molecule has 0 atom stereocenters. The minimum atomic E-state index is -1.02. The summed E-state index contributed by atoms with van der Waals surface area (Å²) in [5.74, 6) is -0.803. The molecule has 0 bridgehead atoms. The fourth-order valence-corrected chi connectivity index (χ4v) is 4.51. The van der Waals surface area contributed by atoms with E-state index < -0.39 is 5.97 Å². The summed E-state index contributed by atoms with van der Waals surface area (Å²) >= 11 is 1.43. The first kappa shape index (κ1) is 19.0. The molecule has 0 fully saturated rings. The Balaban J connectivity index is 1.89. The molecule has 146 valence electrons. The van der Waals surface area contributed by atoms with Gasteiger partial charge in [-0.15, -0.1) is 11.3 Å². The smallest absolute Gasteiger partial charge is 0.335 e. The molecule has 0 unspecified atom stereocenters. The number of fused-ring (bicyclic) bond motifs is 1. The Bertz CT molecular complexity index is 1310. The maximum absolute atomic E-state index is 13.4. The molecule has 0 radical (unpaired) electrons. The topological polar surface area (TPSA) is 72.2 Å². The normalized spacial score (nSPS) is 11.1. The van der Waals surface area contributed by atoms with E-state index in [1.54, 1.807) is 41.8 Å². The summed E-state index contributed by atoms with van der Waals surface area (Å²) in [5.41, 5.74) is 2.19. The molecule has 2 aromatic carbocycles. The lowest BCUT2D eigenvalue weighted by Crippen LogP contribution is -2.24. The van der Waals surface area contributed by atoms with E-state index in [0.717, 1.165) is 16.0 Å². The SMILES string of the molecule is Cc1sc2nc(C)n(Cc3cccc(C(=O)O)c3)c(=O)c2c1-c1ccc(F)cc1. The molecule has 0 spiro atoms. The third-order valence-corrected chi connectivity index (χ3v) is 5.83. The number of benzene rings is 2. The number of thiophene rings is 1. The summed E-state index contributed by atoms with van der Waals surface area (Å²) < 4.78 is 14.9. The summed E-state index contributed by atoms with van der Waals surface area (Å²) in [7, 11) is 0. The molecule has 0 aliphatic heterocycles. The van der Waals surface area contributed by atoms with Gasteiger partial charge in [-0.25, -0.2) is 14.2 Å². The van der Waals surface area contributed by atoms with Crippen molar-refractivity contribution in [1.82, 2.24) is 9.55 Å². The van der Waals surface area contributed by atoms with E-state index in [1.165, 1.54) is 29.5 Å². The summed E-state index contributed by atoms with van der Waals surface area (Å²) in [5, 5.41) is 9.70. The van der Waals surface area contributed by atoms with Crippen LogP contribution in [0.2, 0.25) is 0 Å². The Morgan fingerprint density at radius 1 is 1.17 bits per heavy atom. The van der Waals surface area contributed by atoms with E-state index >= 15 is 0 Å². The zero-order chi connectivity index (χ0) is 20.7. The molecule has 7 heteroatoms. The monoisotopic (exact) mass is 408 g/mol. The Labute approximate surface area is 169 Å². The second-order valence-electron chi connectivity index (χ2n) is 6.78. The highest BCUT2D eigenvalue weighted by atomic mass is 32.1. The van der Waals surface area contributed by atoms with Gasteiger partial charge in [0.15, 0.2) is 0 Å². The minimum Gasteiger partial charge on any atom is -0.478 e. The lowest BCUT2D eigenvalue weighted by molar-refractivity contribution is 0.0696. The predicted molar refractivity (Wildman–Crippen MR) is 111 cm³/mol. The van der Waals surface area contributed by atoms with Crippen molar-refractivity contribution in [2.45, 2.75) is 20.4 Å². The van der Waals surface area contributed by atoms with Crippen molar-refractivity contribution in [3.63, 3.8) is 0 Å². The molecule has 0 aliphatic carbocycles. The van der Waals surface area contributed by atoms with Gasteiger partial charge in [-0.2, -0.15) is 0 Å². The van der Waals surface area contributed by atoms with Crippen molar-refractivity contribution in [3.8, 4) is 11.1 Å². The first-order valence-electron chi connectivity index (χ1n) is 8.94. The number of nitrogens with zero attached hydrogens (tertiary/aromatic N) is 2. The fourth-order valence-electron chi connectivity index (χ4n) is 3.43. The maximum atomic E-state index is 13.4. The van der Waals surface area contributed by atoms with Crippen molar-refractivity contribution in [2.24, 2.45) is 0 Å². The van der Waals surface area contributed by atoms with Crippen molar-refractivity contribution < 1.29 is 14.3 Å². The van der Waals surface area contributed by atoms with Crippen LogP contribution in [0.25, 0.3) is 21.3 Å². The average Bonchev–Trinajstić information content (AvgIpc) is 3.02. The van der Waals surface area contributed by atoms with Crippen LogP contribution in [0.5, 0.6) is 0 Å². The number of aromatic carboxylic acids is 1. The molecular formula is C22H17FN2O3S. The lowest BCUT2D eigenvalue weighted by atomic mass is 10.0. The molecule has 5 nitrogen and oxygen atoms in total. The Morgan fingerprint density at radius 3 is 2.59 bits per heavy atom. The van der Waals surface area contributed by atoms with Gasteiger partial charge in [0, 0.05) is 10.4 Å².